The summed E-state index contributed by atoms with van der Waals surface area (Å²) in [7, 11) is 0. The van der Waals surface area contributed by atoms with Crippen molar-refractivity contribution in [2.75, 3.05) is 6.54 Å². The van der Waals surface area contributed by atoms with E-state index in [2.05, 4.69) is 12.2 Å². The third kappa shape index (κ3) is 3.71. The van der Waals surface area contributed by atoms with Crippen LogP contribution in [0.15, 0.2) is 0 Å². The third-order valence-corrected chi connectivity index (χ3v) is 4.90. The Kier molecular flexibility index (Phi) is 4.83. The summed E-state index contributed by atoms with van der Waals surface area (Å²) in [4.78, 5) is 22.5. The van der Waals surface area contributed by atoms with Crippen molar-refractivity contribution >= 4 is 11.9 Å². The molecule has 4 heteroatoms. The molecule has 108 valence electrons. The topological polar surface area (TPSA) is 66.4 Å². The molecule has 0 aliphatic heterocycles. The van der Waals surface area contributed by atoms with Crippen molar-refractivity contribution in [1.82, 2.24) is 5.32 Å². The molecule has 2 rings (SSSR count). The minimum atomic E-state index is -0.728. The van der Waals surface area contributed by atoms with Gasteiger partial charge in [-0.05, 0) is 43.4 Å². The highest BCUT2D eigenvalue weighted by atomic mass is 16.4. The Morgan fingerprint density at radius 3 is 2.53 bits per heavy atom. The molecule has 0 radical (unpaired) electrons. The molecule has 0 spiro atoms. The van der Waals surface area contributed by atoms with Gasteiger partial charge in [-0.15, -0.1) is 0 Å². The Hall–Kier alpha value is -1.06. The van der Waals surface area contributed by atoms with Crippen LogP contribution in [0.3, 0.4) is 0 Å². The molecule has 0 heterocycles. The number of hydrogen-bond acceptors (Lipinski definition) is 2. The Morgan fingerprint density at radius 1 is 1.26 bits per heavy atom. The lowest BCUT2D eigenvalue weighted by molar-refractivity contribution is -0.137. The second-order valence-corrected chi connectivity index (χ2v) is 6.07. The highest BCUT2D eigenvalue weighted by molar-refractivity contribution is 5.82. The number of fused-ring (bicyclic) bond motifs is 1. The standard InChI is InChI=1S/C15H25NO3/c1-2-10(6-7-13(17)18)8-9-16-15(19)14-11-4-3-5-12(11)14/h10-12,14H,2-9H2,1H3,(H,16,19)(H,17,18). The van der Waals surface area contributed by atoms with Gasteiger partial charge in [0.2, 0.25) is 5.91 Å². The van der Waals surface area contributed by atoms with Gasteiger partial charge in [0.05, 0.1) is 0 Å². The van der Waals surface area contributed by atoms with Crippen molar-refractivity contribution in [1.29, 1.82) is 0 Å². The van der Waals surface area contributed by atoms with E-state index in [4.69, 9.17) is 5.11 Å². The summed E-state index contributed by atoms with van der Waals surface area (Å²) in [6, 6.07) is 0. The van der Waals surface area contributed by atoms with Gasteiger partial charge in [-0.25, -0.2) is 0 Å². The van der Waals surface area contributed by atoms with Crippen LogP contribution in [0, 0.1) is 23.7 Å². The smallest absolute Gasteiger partial charge is 0.303 e. The van der Waals surface area contributed by atoms with Crippen molar-refractivity contribution in [3.05, 3.63) is 0 Å². The zero-order valence-electron chi connectivity index (χ0n) is 11.7. The molecule has 1 amide bonds. The van der Waals surface area contributed by atoms with Crippen LogP contribution in [-0.4, -0.2) is 23.5 Å². The highest BCUT2D eigenvalue weighted by Gasteiger charge is 2.56. The molecule has 4 nitrogen and oxygen atoms in total. The Morgan fingerprint density at radius 2 is 1.95 bits per heavy atom. The molecule has 0 aromatic heterocycles. The fourth-order valence-corrected chi connectivity index (χ4v) is 3.61. The second-order valence-electron chi connectivity index (χ2n) is 6.07. The van der Waals surface area contributed by atoms with Gasteiger partial charge >= 0.3 is 5.97 Å². The lowest BCUT2D eigenvalue weighted by Gasteiger charge is -2.14. The quantitative estimate of drug-likeness (QED) is 0.710. The van der Waals surface area contributed by atoms with E-state index in [1.165, 1.54) is 19.3 Å². The van der Waals surface area contributed by atoms with Gasteiger partial charge in [0.15, 0.2) is 0 Å². The van der Waals surface area contributed by atoms with Crippen LogP contribution in [0.25, 0.3) is 0 Å². The zero-order valence-corrected chi connectivity index (χ0v) is 11.7. The summed E-state index contributed by atoms with van der Waals surface area (Å²) in [5, 5.41) is 11.7. The first kappa shape index (κ1) is 14.4. The summed E-state index contributed by atoms with van der Waals surface area (Å²) in [5.41, 5.74) is 0. The normalized spacial score (nSPS) is 29.6. The number of amides is 1. The molecule has 2 aliphatic rings. The summed E-state index contributed by atoms with van der Waals surface area (Å²) in [6.45, 7) is 2.78. The first-order valence-electron chi connectivity index (χ1n) is 7.63. The molecule has 0 aromatic rings. The van der Waals surface area contributed by atoms with E-state index in [9.17, 15) is 9.59 Å². The average molecular weight is 267 g/mol. The molecule has 2 fully saturated rings. The number of hydrogen-bond donors (Lipinski definition) is 2. The fourth-order valence-electron chi connectivity index (χ4n) is 3.61. The molecular weight excluding hydrogens is 242 g/mol. The van der Waals surface area contributed by atoms with Crippen molar-refractivity contribution in [3.63, 3.8) is 0 Å². The number of carbonyl (C=O) groups is 2. The van der Waals surface area contributed by atoms with Crippen LogP contribution < -0.4 is 5.32 Å². The minimum absolute atomic E-state index is 0.235. The van der Waals surface area contributed by atoms with Crippen LogP contribution in [0.5, 0.6) is 0 Å². The molecule has 0 aromatic carbocycles. The lowest BCUT2D eigenvalue weighted by atomic mass is 9.96. The molecule has 3 atom stereocenters. The zero-order chi connectivity index (χ0) is 13.8. The molecule has 2 aliphatic carbocycles. The summed E-state index contributed by atoms with van der Waals surface area (Å²) < 4.78 is 0. The number of rotatable bonds is 8. The summed E-state index contributed by atoms with van der Waals surface area (Å²) >= 11 is 0. The van der Waals surface area contributed by atoms with E-state index in [1.807, 2.05) is 0 Å². The number of aliphatic carboxylic acids is 1. The minimum Gasteiger partial charge on any atom is -0.481 e. The maximum Gasteiger partial charge on any atom is 0.303 e. The van der Waals surface area contributed by atoms with Crippen LogP contribution >= 0.6 is 0 Å². The van der Waals surface area contributed by atoms with E-state index in [1.54, 1.807) is 0 Å². The molecule has 0 saturated heterocycles. The predicted molar refractivity (Wildman–Crippen MR) is 72.6 cm³/mol. The van der Waals surface area contributed by atoms with Crippen LogP contribution in [0.4, 0.5) is 0 Å². The van der Waals surface area contributed by atoms with Gasteiger partial charge < -0.3 is 10.4 Å². The largest absolute Gasteiger partial charge is 0.481 e. The summed E-state index contributed by atoms with van der Waals surface area (Å²) in [6.07, 6.45) is 6.61. The molecule has 2 N–H and O–H groups in total. The molecule has 19 heavy (non-hydrogen) atoms. The molecule has 3 unspecified atom stereocenters. The number of carboxylic acids is 1. The predicted octanol–water partition coefficient (Wildman–Crippen LogP) is 2.43. The van der Waals surface area contributed by atoms with E-state index in [0.29, 0.717) is 30.2 Å². The van der Waals surface area contributed by atoms with E-state index >= 15 is 0 Å². The van der Waals surface area contributed by atoms with Crippen molar-refractivity contribution < 1.29 is 14.7 Å². The van der Waals surface area contributed by atoms with E-state index in [0.717, 1.165) is 19.3 Å². The molecular formula is C15H25NO3. The van der Waals surface area contributed by atoms with Gasteiger partial charge in [0.25, 0.3) is 0 Å². The molecule has 0 bridgehead atoms. The van der Waals surface area contributed by atoms with E-state index in [-0.39, 0.29) is 12.3 Å². The van der Waals surface area contributed by atoms with Gasteiger partial charge in [-0.2, -0.15) is 0 Å². The monoisotopic (exact) mass is 267 g/mol. The second kappa shape index (κ2) is 6.40. The number of carbonyl (C=O) groups excluding carboxylic acids is 1. The van der Waals surface area contributed by atoms with Crippen molar-refractivity contribution in [2.45, 2.75) is 51.9 Å². The molecule has 2 saturated carbocycles. The first-order valence-corrected chi connectivity index (χ1v) is 7.63. The van der Waals surface area contributed by atoms with Crippen molar-refractivity contribution in [2.24, 2.45) is 23.7 Å². The third-order valence-electron chi connectivity index (χ3n) is 4.90. The van der Waals surface area contributed by atoms with Gasteiger partial charge in [-0.1, -0.05) is 19.8 Å². The van der Waals surface area contributed by atoms with Crippen molar-refractivity contribution in [3.8, 4) is 0 Å². The lowest BCUT2D eigenvalue weighted by Crippen LogP contribution is -2.28. The SMILES string of the molecule is CCC(CCNC(=O)C1C2CCCC21)CCC(=O)O. The fraction of sp³-hybridized carbons (Fsp3) is 0.867. The maximum absolute atomic E-state index is 11.9. The Labute approximate surface area is 115 Å². The van der Waals surface area contributed by atoms with Crippen LogP contribution in [0.2, 0.25) is 0 Å². The Balaban J connectivity index is 1.60. The van der Waals surface area contributed by atoms with Gasteiger partial charge in [-0.3, -0.25) is 9.59 Å². The number of nitrogens with one attached hydrogen (secondary N) is 1. The number of carboxylic acid groups (broad SMARTS) is 1. The first-order chi connectivity index (χ1) is 9.13. The average Bonchev–Trinajstić information content (AvgIpc) is 2.86. The van der Waals surface area contributed by atoms with Gasteiger partial charge in [0.1, 0.15) is 0 Å². The highest BCUT2D eigenvalue weighted by Crippen LogP contribution is 2.57. The van der Waals surface area contributed by atoms with Crippen LogP contribution in [0.1, 0.15) is 51.9 Å². The summed E-state index contributed by atoms with van der Waals surface area (Å²) in [5.74, 6) is 1.57. The maximum atomic E-state index is 11.9. The van der Waals surface area contributed by atoms with Gasteiger partial charge in [0, 0.05) is 18.9 Å². The Bertz CT molecular complexity index is 332. The van der Waals surface area contributed by atoms with Crippen LogP contribution in [-0.2, 0) is 9.59 Å². The van der Waals surface area contributed by atoms with E-state index < -0.39 is 5.97 Å².